The van der Waals surface area contributed by atoms with Crippen LogP contribution in [0.1, 0.15) is 26.0 Å². The molecular formula is C12H18N4S. The average Bonchev–Trinajstić information content (AvgIpc) is 2.78. The number of thiocarbonyl (C=S) groups is 1. The highest BCUT2D eigenvalue weighted by atomic mass is 32.1. The minimum Gasteiger partial charge on any atom is -0.388 e. The molecule has 2 heterocycles. The van der Waals surface area contributed by atoms with Crippen LogP contribution in [0.15, 0.2) is 12.3 Å². The topological polar surface area (TPSA) is 55.0 Å². The van der Waals surface area contributed by atoms with Crippen LogP contribution >= 0.6 is 12.2 Å². The van der Waals surface area contributed by atoms with Crippen LogP contribution in [-0.4, -0.2) is 28.0 Å². The van der Waals surface area contributed by atoms with Gasteiger partial charge in [0.1, 0.15) is 10.7 Å². The molecule has 0 aromatic carbocycles. The van der Waals surface area contributed by atoms with Crippen molar-refractivity contribution in [3.05, 3.63) is 18.0 Å². The van der Waals surface area contributed by atoms with E-state index in [-0.39, 0.29) is 0 Å². The molecule has 92 valence electrons. The van der Waals surface area contributed by atoms with E-state index in [1.807, 2.05) is 0 Å². The minimum absolute atomic E-state index is 0.327. The van der Waals surface area contributed by atoms with Gasteiger partial charge >= 0.3 is 0 Å². The predicted octanol–water partition coefficient (Wildman–Crippen LogP) is 1.59. The molecule has 5 heteroatoms. The summed E-state index contributed by atoms with van der Waals surface area (Å²) in [6, 6.07) is 1.75. The molecule has 1 aliphatic heterocycles. The summed E-state index contributed by atoms with van der Waals surface area (Å²) in [5, 5.41) is 0. The number of hydrogen-bond acceptors (Lipinski definition) is 4. The SMILES string of the molecule is CC(C)C1CCN(c2nccc(C(N)=S)n2)C1. The molecule has 2 N–H and O–H groups in total. The Morgan fingerprint density at radius 3 is 2.94 bits per heavy atom. The van der Waals surface area contributed by atoms with Crippen molar-refractivity contribution < 1.29 is 0 Å². The van der Waals surface area contributed by atoms with Crippen LogP contribution in [0.3, 0.4) is 0 Å². The van der Waals surface area contributed by atoms with Gasteiger partial charge in [0.05, 0.1) is 0 Å². The quantitative estimate of drug-likeness (QED) is 0.826. The van der Waals surface area contributed by atoms with Gasteiger partial charge in [-0.25, -0.2) is 9.97 Å². The molecule has 1 atom stereocenters. The molecule has 1 unspecified atom stereocenters. The molecule has 0 radical (unpaired) electrons. The van der Waals surface area contributed by atoms with Crippen molar-refractivity contribution in [1.29, 1.82) is 0 Å². The summed E-state index contributed by atoms with van der Waals surface area (Å²) in [7, 11) is 0. The smallest absolute Gasteiger partial charge is 0.225 e. The van der Waals surface area contributed by atoms with Crippen LogP contribution in [0.4, 0.5) is 5.95 Å². The number of rotatable bonds is 3. The Morgan fingerprint density at radius 2 is 2.35 bits per heavy atom. The third kappa shape index (κ3) is 2.72. The third-order valence-corrected chi connectivity index (χ3v) is 3.55. The lowest BCUT2D eigenvalue weighted by atomic mass is 9.95. The lowest BCUT2D eigenvalue weighted by Gasteiger charge is -2.18. The monoisotopic (exact) mass is 250 g/mol. The Bertz CT molecular complexity index is 419. The van der Waals surface area contributed by atoms with E-state index in [2.05, 4.69) is 28.7 Å². The molecule has 1 aliphatic rings. The second kappa shape index (κ2) is 4.96. The standard InChI is InChI=1S/C12H18N4S/c1-8(2)9-4-6-16(7-9)12-14-5-3-10(15-12)11(13)17/h3,5,8-9H,4,6-7H2,1-2H3,(H2,13,17). The van der Waals surface area contributed by atoms with E-state index in [0.717, 1.165) is 25.0 Å². The molecule has 0 spiro atoms. The Balaban J connectivity index is 2.13. The van der Waals surface area contributed by atoms with Crippen LogP contribution in [-0.2, 0) is 0 Å². The van der Waals surface area contributed by atoms with Crippen LogP contribution in [0, 0.1) is 11.8 Å². The van der Waals surface area contributed by atoms with Crippen molar-refractivity contribution in [3.63, 3.8) is 0 Å². The summed E-state index contributed by atoms with van der Waals surface area (Å²) in [6.07, 6.45) is 2.93. The zero-order chi connectivity index (χ0) is 12.4. The van der Waals surface area contributed by atoms with Gasteiger partial charge in [-0.1, -0.05) is 26.1 Å². The predicted molar refractivity (Wildman–Crippen MR) is 73.1 cm³/mol. The van der Waals surface area contributed by atoms with Crippen molar-refractivity contribution in [2.24, 2.45) is 17.6 Å². The lowest BCUT2D eigenvalue weighted by Crippen LogP contribution is -2.24. The summed E-state index contributed by atoms with van der Waals surface area (Å²) >= 11 is 4.93. The van der Waals surface area contributed by atoms with E-state index < -0.39 is 0 Å². The highest BCUT2D eigenvalue weighted by molar-refractivity contribution is 7.80. The van der Waals surface area contributed by atoms with Gasteiger partial charge in [0.2, 0.25) is 5.95 Å². The lowest BCUT2D eigenvalue weighted by molar-refractivity contribution is 0.422. The normalized spacial score (nSPS) is 19.9. The van der Waals surface area contributed by atoms with Gasteiger partial charge < -0.3 is 10.6 Å². The van der Waals surface area contributed by atoms with Crippen molar-refractivity contribution >= 4 is 23.2 Å². The van der Waals surface area contributed by atoms with Gasteiger partial charge in [0.25, 0.3) is 0 Å². The zero-order valence-corrected chi connectivity index (χ0v) is 11.1. The Morgan fingerprint density at radius 1 is 1.59 bits per heavy atom. The molecule has 17 heavy (non-hydrogen) atoms. The fourth-order valence-corrected chi connectivity index (χ4v) is 2.26. The summed E-state index contributed by atoms with van der Waals surface area (Å²) in [4.78, 5) is 11.2. The van der Waals surface area contributed by atoms with Crippen LogP contribution in [0.25, 0.3) is 0 Å². The highest BCUT2D eigenvalue weighted by Crippen LogP contribution is 2.26. The van der Waals surface area contributed by atoms with Crippen LogP contribution < -0.4 is 10.6 Å². The Hall–Kier alpha value is -1.23. The molecule has 1 saturated heterocycles. The van der Waals surface area contributed by atoms with Crippen molar-refractivity contribution in [1.82, 2.24) is 9.97 Å². The van der Waals surface area contributed by atoms with Crippen molar-refractivity contribution in [2.75, 3.05) is 18.0 Å². The van der Waals surface area contributed by atoms with Crippen molar-refractivity contribution in [3.8, 4) is 0 Å². The van der Waals surface area contributed by atoms with E-state index in [1.165, 1.54) is 6.42 Å². The number of anilines is 1. The molecule has 0 amide bonds. The molecule has 0 bridgehead atoms. The van der Waals surface area contributed by atoms with Crippen LogP contribution in [0.5, 0.6) is 0 Å². The summed E-state index contributed by atoms with van der Waals surface area (Å²) in [6.45, 7) is 6.57. The van der Waals surface area contributed by atoms with Gasteiger partial charge in [-0.3, -0.25) is 0 Å². The fourth-order valence-electron chi connectivity index (χ4n) is 2.15. The van der Waals surface area contributed by atoms with E-state index in [9.17, 15) is 0 Å². The summed E-state index contributed by atoms with van der Waals surface area (Å²) < 4.78 is 0. The van der Waals surface area contributed by atoms with E-state index in [1.54, 1.807) is 12.3 Å². The van der Waals surface area contributed by atoms with E-state index >= 15 is 0 Å². The molecule has 1 aromatic rings. The first-order valence-corrected chi connectivity index (χ1v) is 6.36. The van der Waals surface area contributed by atoms with Crippen molar-refractivity contribution in [2.45, 2.75) is 20.3 Å². The van der Waals surface area contributed by atoms with Gasteiger partial charge in [-0.05, 0) is 24.3 Å². The maximum atomic E-state index is 5.58. The number of nitrogens with zero attached hydrogens (tertiary/aromatic N) is 3. The van der Waals surface area contributed by atoms with E-state index in [4.69, 9.17) is 18.0 Å². The molecule has 2 rings (SSSR count). The minimum atomic E-state index is 0.327. The highest BCUT2D eigenvalue weighted by Gasteiger charge is 2.26. The second-order valence-electron chi connectivity index (χ2n) is 4.84. The molecular weight excluding hydrogens is 232 g/mol. The number of aromatic nitrogens is 2. The van der Waals surface area contributed by atoms with Gasteiger partial charge in [-0.15, -0.1) is 0 Å². The third-order valence-electron chi connectivity index (χ3n) is 3.35. The first kappa shape index (κ1) is 12.2. The van der Waals surface area contributed by atoms with Gasteiger partial charge in [0, 0.05) is 19.3 Å². The molecule has 0 saturated carbocycles. The Kier molecular flexibility index (Phi) is 3.57. The number of nitrogens with two attached hydrogens (primary N) is 1. The number of hydrogen-bond donors (Lipinski definition) is 1. The first-order valence-electron chi connectivity index (χ1n) is 5.95. The van der Waals surface area contributed by atoms with Gasteiger partial charge in [0.15, 0.2) is 0 Å². The fraction of sp³-hybridized carbons (Fsp3) is 0.583. The second-order valence-corrected chi connectivity index (χ2v) is 5.28. The first-order chi connectivity index (χ1) is 8.08. The molecule has 4 nitrogen and oxygen atoms in total. The Labute approximate surface area is 107 Å². The summed E-state index contributed by atoms with van der Waals surface area (Å²) in [5.41, 5.74) is 6.23. The zero-order valence-electron chi connectivity index (χ0n) is 10.3. The average molecular weight is 250 g/mol. The maximum absolute atomic E-state index is 5.58. The van der Waals surface area contributed by atoms with Crippen LogP contribution in [0.2, 0.25) is 0 Å². The van der Waals surface area contributed by atoms with Gasteiger partial charge in [-0.2, -0.15) is 0 Å². The molecule has 1 aromatic heterocycles. The maximum Gasteiger partial charge on any atom is 0.225 e. The van der Waals surface area contributed by atoms with E-state index in [0.29, 0.717) is 16.6 Å². The molecule has 1 fully saturated rings. The summed E-state index contributed by atoms with van der Waals surface area (Å²) in [5.74, 6) is 2.18. The largest absolute Gasteiger partial charge is 0.388 e. The molecule has 0 aliphatic carbocycles.